The summed E-state index contributed by atoms with van der Waals surface area (Å²) in [5.74, 6) is 0.0713. The fourth-order valence-electron chi connectivity index (χ4n) is 1.66. The van der Waals surface area contributed by atoms with E-state index in [0.29, 0.717) is 32.2 Å². The van der Waals surface area contributed by atoms with Crippen molar-refractivity contribution in [3.63, 3.8) is 0 Å². The largest absolute Gasteiger partial charge is 0.394 e. The Balaban J connectivity index is 1.93. The number of aliphatic hydroxyl groups is 1. The van der Waals surface area contributed by atoms with Gasteiger partial charge in [0.1, 0.15) is 0 Å². The van der Waals surface area contributed by atoms with Gasteiger partial charge in [0.15, 0.2) is 0 Å². The van der Waals surface area contributed by atoms with Crippen molar-refractivity contribution in [2.45, 2.75) is 25.3 Å². The summed E-state index contributed by atoms with van der Waals surface area (Å²) in [5.41, 5.74) is 0. The van der Waals surface area contributed by atoms with Gasteiger partial charge in [0, 0.05) is 19.0 Å². The van der Waals surface area contributed by atoms with E-state index in [2.05, 4.69) is 10.6 Å². The average molecular weight is 216 g/mol. The third-order valence-corrected chi connectivity index (χ3v) is 2.40. The van der Waals surface area contributed by atoms with Crippen LogP contribution < -0.4 is 10.6 Å². The van der Waals surface area contributed by atoms with Crippen molar-refractivity contribution < 1.29 is 14.6 Å². The van der Waals surface area contributed by atoms with Gasteiger partial charge in [-0.25, -0.2) is 0 Å². The van der Waals surface area contributed by atoms with E-state index in [-0.39, 0.29) is 12.5 Å². The molecule has 3 N–H and O–H groups in total. The number of amides is 1. The molecule has 1 saturated heterocycles. The second-order valence-electron chi connectivity index (χ2n) is 3.68. The molecule has 0 aromatic carbocycles. The standard InChI is InChI=1S/C10H20N2O3/c13-5-7-15-6-4-12-10(14)8-9-2-1-3-11-9/h9,11,13H,1-8H2,(H,12,14). The molecule has 15 heavy (non-hydrogen) atoms. The van der Waals surface area contributed by atoms with Crippen LogP contribution in [0.5, 0.6) is 0 Å². The van der Waals surface area contributed by atoms with E-state index in [0.717, 1.165) is 19.4 Å². The monoisotopic (exact) mass is 216 g/mol. The minimum atomic E-state index is 0.0277. The molecule has 0 radical (unpaired) electrons. The highest BCUT2D eigenvalue weighted by Gasteiger charge is 2.16. The zero-order valence-electron chi connectivity index (χ0n) is 9.00. The Labute approximate surface area is 90.2 Å². The van der Waals surface area contributed by atoms with Gasteiger partial charge in [0.2, 0.25) is 5.91 Å². The molecule has 1 aliphatic rings. The highest BCUT2D eigenvalue weighted by molar-refractivity contribution is 5.76. The smallest absolute Gasteiger partial charge is 0.221 e. The van der Waals surface area contributed by atoms with Gasteiger partial charge in [-0.15, -0.1) is 0 Å². The van der Waals surface area contributed by atoms with Crippen LogP contribution in [0.2, 0.25) is 0 Å². The lowest BCUT2D eigenvalue weighted by atomic mass is 10.1. The Kier molecular flexibility index (Phi) is 6.31. The van der Waals surface area contributed by atoms with E-state index in [1.807, 2.05) is 0 Å². The molecule has 1 amide bonds. The molecule has 1 fully saturated rings. The first kappa shape index (κ1) is 12.4. The minimum Gasteiger partial charge on any atom is -0.394 e. The molecular formula is C10H20N2O3. The van der Waals surface area contributed by atoms with E-state index in [4.69, 9.17) is 9.84 Å². The molecule has 0 aromatic rings. The van der Waals surface area contributed by atoms with Crippen LogP contribution in [-0.4, -0.2) is 50.0 Å². The van der Waals surface area contributed by atoms with Gasteiger partial charge in [-0.1, -0.05) is 0 Å². The maximum atomic E-state index is 11.4. The first-order valence-electron chi connectivity index (χ1n) is 5.51. The predicted molar refractivity (Wildman–Crippen MR) is 56.6 cm³/mol. The summed E-state index contributed by atoms with van der Waals surface area (Å²) in [7, 11) is 0. The van der Waals surface area contributed by atoms with Gasteiger partial charge in [-0.2, -0.15) is 0 Å². The van der Waals surface area contributed by atoms with Crippen LogP contribution >= 0.6 is 0 Å². The second-order valence-corrected chi connectivity index (χ2v) is 3.68. The van der Waals surface area contributed by atoms with Crippen LogP contribution in [0.25, 0.3) is 0 Å². The van der Waals surface area contributed by atoms with Gasteiger partial charge in [-0.05, 0) is 19.4 Å². The molecule has 1 unspecified atom stereocenters. The van der Waals surface area contributed by atoms with Crippen molar-refractivity contribution in [1.82, 2.24) is 10.6 Å². The molecule has 1 aliphatic heterocycles. The Morgan fingerprint density at radius 1 is 1.53 bits per heavy atom. The zero-order valence-corrected chi connectivity index (χ0v) is 9.00. The van der Waals surface area contributed by atoms with Crippen molar-refractivity contribution in [2.75, 3.05) is 32.9 Å². The highest BCUT2D eigenvalue weighted by Crippen LogP contribution is 2.07. The van der Waals surface area contributed by atoms with Crippen LogP contribution in [0.3, 0.4) is 0 Å². The number of carbonyl (C=O) groups is 1. The molecule has 0 aliphatic carbocycles. The van der Waals surface area contributed by atoms with Crippen LogP contribution in [0.1, 0.15) is 19.3 Å². The highest BCUT2D eigenvalue weighted by atomic mass is 16.5. The number of rotatable bonds is 7. The van der Waals surface area contributed by atoms with Gasteiger partial charge < -0.3 is 20.5 Å². The Hall–Kier alpha value is -0.650. The first-order valence-corrected chi connectivity index (χ1v) is 5.51. The number of hydrogen-bond donors (Lipinski definition) is 3. The van der Waals surface area contributed by atoms with E-state index in [1.54, 1.807) is 0 Å². The molecule has 0 spiro atoms. The molecule has 5 heteroatoms. The third kappa shape index (κ3) is 5.71. The van der Waals surface area contributed by atoms with E-state index >= 15 is 0 Å². The molecule has 5 nitrogen and oxygen atoms in total. The lowest BCUT2D eigenvalue weighted by Crippen LogP contribution is -2.33. The summed E-state index contributed by atoms with van der Waals surface area (Å²) in [5, 5.41) is 14.5. The SMILES string of the molecule is O=C(CC1CCCN1)NCCOCCO. The zero-order chi connectivity index (χ0) is 10.9. The maximum absolute atomic E-state index is 11.4. The van der Waals surface area contributed by atoms with Gasteiger partial charge in [0.25, 0.3) is 0 Å². The first-order chi connectivity index (χ1) is 7.33. The van der Waals surface area contributed by atoms with E-state index in [1.165, 1.54) is 0 Å². The molecule has 88 valence electrons. The van der Waals surface area contributed by atoms with Gasteiger partial charge in [-0.3, -0.25) is 4.79 Å². The molecule has 1 heterocycles. The summed E-state index contributed by atoms with van der Waals surface area (Å²) >= 11 is 0. The fraction of sp³-hybridized carbons (Fsp3) is 0.900. The summed E-state index contributed by atoms with van der Waals surface area (Å²) < 4.78 is 5.02. The minimum absolute atomic E-state index is 0.0277. The summed E-state index contributed by atoms with van der Waals surface area (Å²) in [6.07, 6.45) is 2.81. The lowest BCUT2D eigenvalue weighted by molar-refractivity contribution is -0.121. The average Bonchev–Trinajstić information content (AvgIpc) is 2.70. The van der Waals surface area contributed by atoms with Crippen LogP contribution in [-0.2, 0) is 9.53 Å². The Morgan fingerprint density at radius 2 is 2.40 bits per heavy atom. The third-order valence-electron chi connectivity index (χ3n) is 2.40. The number of carbonyl (C=O) groups excluding carboxylic acids is 1. The summed E-state index contributed by atoms with van der Waals surface area (Å²) in [4.78, 5) is 11.4. The summed E-state index contributed by atoms with van der Waals surface area (Å²) in [6, 6.07) is 0.350. The molecule has 0 saturated carbocycles. The van der Waals surface area contributed by atoms with Crippen molar-refractivity contribution in [3.8, 4) is 0 Å². The number of aliphatic hydroxyl groups excluding tert-OH is 1. The number of nitrogens with one attached hydrogen (secondary N) is 2. The van der Waals surface area contributed by atoms with Crippen LogP contribution in [0, 0.1) is 0 Å². The Morgan fingerprint density at radius 3 is 3.07 bits per heavy atom. The van der Waals surface area contributed by atoms with E-state index < -0.39 is 0 Å². The van der Waals surface area contributed by atoms with Gasteiger partial charge >= 0.3 is 0 Å². The van der Waals surface area contributed by atoms with Crippen molar-refractivity contribution in [2.24, 2.45) is 0 Å². The number of hydrogen-bond acceptors (Lipinski definition) is 4. The topological polar surface area (TPSA) is 70.6 Å². The van der Waals surface area contributed by atoms with Gasteiger partial charge in [0.05, 0.1) is 19.8 Å². The normalized spacial score (nSPS) is 20.5. The Bertz CT molecular complexity index is 182. The van der Waals surface area contributed by atoms with Crippen molar-refractivity contribution in [1.29, 1.82) is 0 Å². The second kappa shape index (κ2) is 7.62. The quantitative estimate of drug-likeness (QED) is 0.490. The van der Waals surface area contributed by atoms with Crippen LogP contribution in [0.4, 0.5) is 0 Å². The van der Waals surface area contributed by atoms with Crippen LogP contribution in [0.15, 0.2) is 0 Å². The lowest BCUT2D eigenvalue weighted by Gasteiger charge is -2.10. The molecular weight excluding hydrogens is 196 g/mol. The number of ether oxygens (including phenoxy) is 1. The molecule has 1 atom stereocenters. The summed E-state index contributed by atoms with van der Waals surface area (Å²) in [6.45, 7) is 2.37. The predicted octanol–water partition coefficient (Wildman–Crippen LogP) is -0.746. The molecule has 0 aromatic heterocycles. The maximum Gasteiger partial charge on any atom is 0.221 e. The molecule has 1 rings (SSSR count). The van der Waals surface area contributed by atoms with Crippen molar-refractivity contribution in [3.05, 3.63) is 0 Å². The molecule has 0 bridgehead atoms. The van der Waals surface area contributed by atoms with Crippen molar-refractivity contribution >= 4 is 5.91 Å². The van der Waals surface area contributed by atoms with E-state index in [9.17, 15) is 4.79 Å². The fourth-order valence-corrected chi connectivity index (χ4v) is 1.66.